The van der Waals surface area contributed by atoms with Crippen LogP contribution in [0.25, 0.3) is 0 Å². The lowest BCUT2D eigenvalue weighted by atomic mass is 9.81. The average Bonchev–Trinajstić information content (AvgIpc) is 2.94. The molecule has 1 aliphatic rings. The molecule has 0 spiro atoms. The Labute approximate surface area is 145 Å². The van der Waals surface area contributed by atoms with Crippen molar-refractivity contribution in [3.63, 3.8) is 0 Å². The fraction of sp³-hybridized carbons (Fsp3) is 0.250. The molecule has 120 valence electrons. The summed E-state index contributed by atoms with van der Waals surface area (Å²) in [4.78, 5) is 0. The molecule has 1 aliphatic carbocycles. The Kier molecular flexibility index (Phi) is 3.76. The Morgan fingerprint density at radius 1 is 0.625 bits per heavy atom. The maximum atomic E-state index is 2.38. The summed E-state index contributed by atoms with van der Waals surface area (Å²) < 4.78 is 0. The highest BCUT2D eigenvalue weighted by Crippen LogP contribution is 2.48. The molecule has 0 bridgehead atoms. The van der Waals surface area contributed by atoms with Gasteiger partial charge in [-0.25, -0.2) is 0 Å². The summed E-state index contributed by atoms with van der Waals surface area (Å²) in [5.74, 6) is 0.994. The van der Waals surface area contributed by atoms with E-state index in [9.17, 15) is 0 Å². The largest absolute Gasteiger partial charge is 0.0590 e. The Morgan fingerprint density at radius 2 is 1.17 bits per heavy atom. The zero-order chi connectivity index (χ0) is 16.7. The van der Waals surface area contributed by atoms with Crippen molar-refractivity contribution in [3.8, 4) is 0 Å². The molecule has 0 aliphatic heterocycles. The number of fused-ring (bicyclic) bond motifs is 1. The Hall–Kier alpha value is -2.34. The maximum Gasteiger partial charge on any atom is 0.0164 e. The van der Waals surface area contributed by atoms with Crippen molar-refractivity contribution < 1.29 is 0 Å². The number of hydrogen-bond donors (Lipinski definition) is 0. The van der Waals surface area contributed by atoms with Crippen LogP contribution >= 0.6 is 0 Å². The van der Waals surface area contributed by atoms with Crippen LogP contribution in [-0.4, -0.2) is 0 Å². The highest BCUT2D eigenvalue weighted by Gasteiger charge is 2.34. The third-order valence-electron chi connectivity index (χ3n) is 5.42. The van der Waals surface area contributed by atoms with Gasteiger partial charge in [0.2, 0.25) is 0 Å². The van der Waals surface area contributed by atoms with Crippen LogP contribution in [0.3, 0.4) is 0 Å². The first kappa shape index (κ1) is 15.2. The smallest absolute Gasteiger partial charge is 0.0164 e. The number of aryl methyl sites for hydroxylation is 3. The summed E-state index contributed by atoms with van der Waals surface area (Å²) in [7, 11) is 0. The van der Waals surface area contributed by atoms with Gasteiger partial charge in [0.1, 0.15) is 0 Å². The van der Waals surface area contributed by atoms with Crippen LogP contribution in [-0.2, 0) is 6.42 Å². The van der Waals surface area contributed by atoms with Crippen molar-refractivity contribution in [2.75, 3.05) is 0 Å². The molecule has 4 rings (SSSR count). The van der Waals surface area contributed by atoms with Gasteiger partial charge in [0.25, 0.3) is 0 Å². The number of rotatable bonds is 2. The van der Waals surface area contributed by atoms with Gasteiger partial charge in [0.05, 0.1) is 0 Å². The second kappa shape index (κ2) is 5.94. The zero-order valence-corrected chi connectivity index (χ0v) is 14.7. The fourth-order valence-electron chi connectivity index (χ4n) is 4.10. The van der Waals surface area contributed by atoms with Gasteiger partial charge in [-0.1, -0.05) is 83.4 Å². The third-order valence-corrected chi connectivity index (χ3v) is 5.42. The summed E-state index contributed by atoms with van der Waals surface area (Å²) in [5, 5.41) is 0. The lowest BCUT2D eigenvalue weighted by Gasteiger charge is -2.22. The van der Waals surface area contributed by atoms with Gasteiger partial charge in [-0.15, -0.1) is 0 Å². The molecule has 2 atom stereocenters. The van der Waals surface area contributed by atoms with Crippen molar-refractivity contribution in [1.29, 1.82) is 0 Å². The minimum absolute atomic E-state index is 0.462. The maximum absolute atomic E-state index is 2.38. The molecule has 0 radical (unpaired) electrons. The average molecular weight is 312 g/mol. The predicted molar refractivity (Wildman–Crippen MR) is 102 cm³/mol. The van der Waals surface area contributed by atoms with Gasteiger partial charge < -0.3 is 0 Å². The number of hydrogen-bond acceptors (Lipinski definition) is 0. The van der Waals surface area contributed by atoms with Crippen LogP contribution in [0.15, 0.2) is 66.7 Å². The second-order valence-corrected chi connectivity index (χ2v) is 7.31. The quantitative estimate of drug-likeness (QED) is 0.537. The zero-order valence-electron chi connectivity index (χ0n) is 14.7. The van der Waals surface area contributed by atoms with Crippen molar-refractivity contribution in [1.82, 2.24) is 0 Å². The molecular formula is C24H24. The van der Waals surface area contributed by atoms with Crippen molar-refractivity contribution in [3.05, 3.63) is 106 Å². The molecule has 0 saturated carbocycles. The van der Waals surface area contributed by atoms with Crippen LogP contribution < -0.4 is 0 Å². The number of benzene rings is 3. The van der Waals surface area contributed by atoms with E-state index in [1.807, 2.05) is 0 Å². The topological polar surface area (TPSA) is 0 Å². The molecule has 0 unspecified atom stereocenters. The second-order valence-electron chi connectivity index (χ2n) is 7.31. The molecule has 0 N–H and O–H groups in total. The first-order valence-corrected chi connectivity index (χ1v) is 8.84. The highest BCUT2D eigenvalue weighted by molar-refractivity contribution is 5.49. The lowest BCUT2D eigenvalue weighted by molar-refractivity contribution is 0.656. The minimum atomic E-state index is 0.462. The first-order chi connectivity index (χ1) is 11.6. The molecular weight excluding hydrogens is 288 g/mol. The summed E-state index contributed by atoms with van der Waals surface area (Å²) in [6, 6.07) is 25.2. The molecule has 0 saturated heterocycles. The van der Waals surface area contributed by atoms with Crippen LogP contribution in [0.2, 0.25) is 0 Å². The summed E-state index contributed by atoms with van der Waals surface area (Å²) in [5.41, 5.74) is 9.95. The molecule has 0 amide bonds. The summed E-state index contributed by atoms with van der Waals surface area (Å²) >= 11 is 0. The Morgan fingerprint density at radius 3 is 1.79 bits per heavy atom. The van der Waals surface area contributed by atoms with Gasteiger partial charge in [-0.2, -0.15) is 0 Å². The van der Waals surface area contributed by atoms with E-state index in [0.717, 1.165) is 6.42 Å². The van der Waals surface area contributed by atoms with E-state index in [2.05, 4.69) is 87.5 Å². The van der Waals surface area contributed by atoms with E-state index in [1.54, 1.807) is 0 Å². The molecule has 0 heterocycles. The first-order valence-electron chi connectivity index (χ1n) is 8.84. The normalized spacial score (nSPS) is 19.3. The van der Waals surface area contributed by atoms with E-state index in [0.29, 0.717) is 11.8 Å². The molecule has 0 nitrogen and oxygen atoms in total. The lowest BCUT2D eigenvalue weighted by Crippen LogP contribution is -2.08. The van der Waals surface area contributed by atoms with E-state index >= 15 is 0 Å². The van der Waals surface area contributed by atoms with Crippen LogP contribution in [0.4, 0.5) is 0 Å². The van der Waals surface area contributed by atoms with Crippen LogP contribution in [0.5, 0.6) is 0 Å². The van der Waals surface area contributed by atoms with E-state index in [1.165, 1.54) is 38.9 Å². The molecule has 3 aromatic carbocycles. The minimum Gasteiger partial charge on any atom is -0.0590 e. The summed E-state index contributed by atoms with van der Waals surface area (Å²) in [6.07, 6.45) is 1.14. The van der Waals surface area contributed by atoms with E-state index in [-0.39, 0.29) is 0 Å². The third kappa shape index (κ3) is 2.67. The molecule has 24 heavy (non-hydrogen) atoms. The SMILES string of the molecule is Cc1ccc([C@H]2c3ccc(C)cc3C[C@@H]2c2ccc(C)cc2)cc1. The predicted octanol–water partition coefficient (Wildman–Crippen LogP) is 6.08. The van der Waals surface area contributed by atoms with Gasteiger partial charge in [0, 0.05) is 5.92 Å². The van der Waals surface area contributed by atoms with E-state index in [4.69, 9.17) is 0 Å². The van der Waals surface area contributed by atoms with Crippen LogP contribution in [0.1, 0.15) is 50.8 Å². The van der Waals surface area contributed by atoms with Crippen LogP contribution in [0, 0.1) is 20.8 Å². The molecule has 0 fully saturated rings. The van der Waals surface area contributed by atoms with E-state index < -0.39 is 0 Å². The summed E-state index contributed by atoms with van der Waals surface area (Å²) in [6.45, 7) is 6.52. The van der Waals surface area contributed by atoms with Crippen molar-refractivity contribution in [2.24, 2.45) is 0 Å². The van der Waals surface area contributed by atoms with Gasteiger partial charge in [-0.3, -0.25) is 0 Å². The van der Waals surface area contributed by atoms with Crippen molar-refractivity contribution in [2.45, 2.75) is 39.0 Å². The standard InChI is InChI=1S/C24H24/c1-16-4-9-19(10-5-16)23-15-21-14-18(3)8-13-22(21)24(23)20-11-6-17(2)7-12-20/h4-14,23-24H,15H2,1-3H3/t23-,24+/m1/s1. The molecule has 0 aromatic heterocycles. The van der Waals surface area contributed by atoms with Gasteiger partial charge >= 0.3 is 0 Å². The van der Waals surface area contributed by atoms with Crippen molar-refractivity contribution >= 4 is 0 Å². The Bertz CT molecular complexity index is 854. The highest BCUT2D eigenvalue weighted by atomic mass is 14.4. The van der Waals surface area contributed by atoms with Gasteiger partial charge in [0.15, 0.2) is 0 Å². The fourth-order valence-corrected chi connectivity index (χ4v) is 4.10. The monoisotopic (exact) mass is 312 g/mol. The van der Waals surface area contributed by atoms with Gasteiger partial charge in [-0.05, 0) is 55.4 Å². The molecule has 3 aromatic rings. The molecule has 0 heteroatoms. The Balaban J connectivity index is 1.83.